The molecule has 1 aromatic carbocycles. The van der Waals surface area contributed by atoms with Gasteiger partial charge < -0.3 is 19.3 Å². The van der Waals surface area contributed by atoms with Gasteiger partial charge in [0.05, 0.1) is 36.9 Å². The molecular weight excluding hydrogens is 353 g/mol. The smallest absolute Gasteiger partial charge is 0.466 e. The van der Waals surface area contributed by atoms with Crippen LogP contribution in [0.5, 0.6) is 0 Å². The number of rotatable bonds is 9. The summed E-state index contributed by atoms with van der Waals surface area (Å²) >= 11 is 0. The predicted molar refractivity (Wildman–Crippen MR) is 88.7 cm³/mol. The highest BCUT2D eigenvalue weighted by Crippen LogP contribution is 2.41. The topological polar surface area (TPSA) is 123 Å². The van der Waals surface area contributed by atoms with E-state index in [4.69, 9.17) is 14.1 Å². The summed E-state index contributed by atoms with van der Waals surface area (Å²) in [5, 5.41) is 0.837. The highest BCUT2D eigenvalue weighted by molar-refractivity contribution is 7.46. The minimum Gasteiger partial charge on any atom is -0.466 e. The number of nitrogens with zero attached hydrogens (tertiary/aromatic N) is 1. The molecule has 1 aromatic rings. The molecule has 2 N–H and O–H groups in total. The zero-order valence-electron chi connectivity index (χ0n) is 14.2. The summed E-state index contributed by atoms with van der Waals surface area (Å²) in [6.45, 7) is 5.08. The molecule has 25 heavy (non-hydrogen) atoms. The SMILES string of the molecule is CCOC(=O)CC(C)N(OP(=O)(O)O)c1ccccc1C(=O)OCC. The maximum absolute atomic E-state index is 12.1. The van der Waals surface area contributed by atoms with Crippen molar-refractivity contribution in [2.45, 2.75) is 33.2 Å². The second kappa shape index (κ2) is 9.53. The predicted octanol–water partition coefficient (Wildman–Crippen LogP) is 2.04. The van der Waals surface area contributed by atoms with Crippen molar-refractivity contribution >= 4 is 25.4 Å². The van der Waals surface area contributed by atoms with Crippen LogP contribution < -0.4 is 5.06 Å². The molecule has 10 heteroatoms. The Morgan fingerprint density at radius 1 is 1.16 bits per heavy atom. The Labute approximate surface area is 145 Å². The molecule has 0 radical (unpaired) electrons. The molecule has 0 spiro atoms. The summed E-state index contributed by atoms with van der Waals surface area (Å²) in [5.41, 5.74) is 0.120. The number of phosphoric acid groups is 1. The van der Waals surface area contributed by atoms with Crippen LogP contribution in [0.3, 0.4) is 0 Å². The summed E-state index contributed by atoms with van der Waals surface area (Å²) in [6.07, 6.45) is -0.203. The monoisotopic (exact) mass is 375 g/mol. The van der Waals surface area contributed by atoms with E-state index in [-0.39, 0.29) is 30.9 Å². The second-order valence-electron chi connectivity index (χ2n) is 4.99. The van der Waals surface area contributed by atoms with Crippen LogP contribution in [0.1, 0.15) is 37.6 Å². The molecule has 0 saturated heterocycles. The van der Waals surface area contributed by atoms with Gasteiger partial charge in [0.25, 0.3) is 0 Å². The number of carbonyl (C=O) groups is 2. The van der Waals surface area contributed by atoms with Crippen LogP contribution in [0, 0.1) is 0 Å². The van der Waals surface area contributed by atoms with Crippen LogP contribution in [0.2, 0.25) is 0 Å². The lowest BCUT2D eigenvalue weighted by Crippen LogP contribution is -2.35. The molecule has 0 fully saturated rings. The van der Waals surface area contributed by atoms with E-state index >= 15 is 0 Å². The van der Waals surface area contributed by atoms with E-state index in [1.807, 2.05) is 0 Å². The molecule has 0 heterocycles. The van der Waals surface area contributed by atoms with Gasteiger partial charge in [-0.2, -0.15) is 4.62 Å². The maximum Gasteiger partial charge on any atom is 0.491 e. The van der Waals surface area contributed by atoms with Crippen molar-refractivity contribution < 1.29 is 38.0 Å². The van der Waals surface area contributed by atoms with Gasteiger partial charge in [0, 0.05) is 0 Å². The number of benzene rings is 1. The third kappa shape index (κ3) is 6.83. The Bertz CT molecular complexity index is 644. The Morgan fingerprint density at radius 2 is 1.76 bits per heavy atom. The fourth-order valence-corrected chi connectivity index (χ4v) is 2.55. The molecule has 140 valence electrons. The zero-order valence-corrected chi connectivity index (χ0v) is 15.1. The van der Waals surface area contributed by atoms with Crippen LogP contribution in [0.25, 0.3) is 0 Å². The molecule has 1 atom stereocenters. The zero-order chi connectivity index (χ0) is 19.0. The molecule has 0 aliphatic carbocycles. The average Bonchev–Trinajstić information content (AvgIpc) is 2.52. The van der Waals surface area contributed by atoms with Gasteiger partial charge in [-0.25, -0.2) is 14.4 Å². The Hall–Kier alpha value is -1.93. The number of carbonyl (C=O) groups excluding carboxylic acids is 2. The van der Waals surface area contributed by atoms with Crippen molar-refractivity contribution in [1.29, 1.82) is 0 Å². The highest BCUT2D eigenvalue weighted by Gasteiger charge is 2.30. The first-order chi connectivity index (χ1) is 11.7. The largest absolute Gasteiger partial charge is 0.491 e. The summed E-state index contributed by atoms with van der Waals surface area (Å²) in [5.74, 6) is -1.25. The van der Waals surface area contributed by atoms with Crippen molar-refractivity contribution in [3.63, 3.8) is 0 Å². The van der Waals surface area contributed by atoms with Gasteiger partial charge in [0.15, 0.2) is 0 Å². The summed E-state index contributed by atoms with van der Waals surface area (Å²) in [4.78, 5) is 42.1. The standard InChI is InChI=1S/C15H22NO8P/c1-4-22-14(17)10-11(3)16(24-25(19,20)21)13-9-7-6-8-12(13)15(18)23-5-2/h6-9,11H,4-5,10H2,1-3H3,(H2,19,20,21). The van der Waals surface area contributed by atoms with E-state index in [2.05, 4.69) is 0 Å². The van der Waals surface area contributed by atoms with Gasteiger partial charge >= 0.3 is 19.8 Å². The van der Waals surface area contributed by atoms with Crippen molar-refractivity contribution in [1.82, 2.24) is 0 Å². The molecule has 9 nitrogen and oxygen atoms in total. The van der Waals surface area contributed by atoms with Gasteiger partial charge in [0.2, 0.25) is 0 Å². The van der Waals surface area contributed by atoms with Crippen LogP contribution in [0.4, 0.5) is 5.69 Å². The maximum atomic E-state index is 12.1. The molecule has 0 saturated carbocycles. The van der Waals surface area contributed by atoms with E-state index < -0.39 is 25.8 Å². The fourth-order valence-electron chi connectivity index (χ4n) is 2.07. The van der Waals surface area contributed by atoms with Crippen molar-refractivity contribution in [2.24, 2.45) is 0 Å². The average molecular weight is 375 g/mol. The number of hydroxylamine groups is 1. The number of hydrogen-bond acceptors (Lipinski definition) is 7. The van der Waals surface area contributed by atoms with E-state index in [1.165, 1.54) is 19.1 Å². The van der Waals surface area contributed by atoms with Crippen LogP contribution in [0.15, 0.2) is 24.3 Å². The lowest BCUT2D eigenvalue weighted by molar-refractivity contribution is -0.143. The van der Waals surface area contributed by atoms with Gasteiger partial charge in [0.1, 0.15) is 0 Å². The number of esters is 2. The molecular formula is C15H22NO8P. The molecule has 0 aromatic heterocycles. The summed E-state index contributed by atoms with van der Waals surface area (Å²) < 4.78 is 25.8. The molecule has 0 aliphatic rings. The van der Waals surface area contributed by atoms with Crippen molar-refractivity contribution in [3.8, 4) is 0 Å². The van der Waals surface area contributed by atoms with Crippen LogP contribution in [-0.4, -0.2) is 41.0 Å². The first-order valence-corrected chi connectivity index (χ1v) is 9.18. The quantitative estimate of drug-likeness (QED) is 0.379. The number of ether oxygens (including phenoxy) is 2. The van der Waals surface area contributed by atoms with Gasteiger partial charge in [-0.05, 0) is 32.9 Å². The van der Waals surface area contributed by atoms with Gasteiger partial charge in [-0.1, -0.05) is 12.1 Å². The molecule has 1 rings (SSSR count). The van der Waals surface area contributed by atoms with Crippen LogP contribution in [-0.2, 0) is 23.5 Å². The normalized spacial score (nSPS) is 12.4. The summed E-state index contributed by atoms with van der Waals surface area (Å²) in [6, 6.07) is 5.18. The van der Waals surface area contributed by atoms with E-state index in [0.717, 1.165) is 5.06 Å². The lowest BCUT2D eigenvalue weighted by atomic mass is 10.1. The lowest BCUT2D eigenvalue weighted by Gasteiger charge is -2.30. The van der Waals surface area contributed by atoms with Crippen molar-refractivity contribution in [2.75, 3.05) is 18.3 Å². The third-order valence-corrected chi connectivity index (χ3v) is 3.39. The number of anilines is 1. The molecule has 0 bridgehead atoms. The first-order valence-electron chi connectivity index (χ1n) is 7.65. The Morgan fingerprint density at radius 3 is 2.32 bits per heavy atom. The third-order valence-electron chi connectivity index (χ3n) is 3.00. The molecule has 1 unspecified atom stereocenters. The highest BCUT2D eigenvalue weighted by atomic mass is 31.2. The van der Waals surface area contributed by atoms with Gasteiger partial charge in [-0.15, -0.1) is 0 Å². The van der Waals surface area contributed by atoms with Gasteiger partial charge in [-0.3, -0.25) is 4.79 Å². The van der Waals surface area contributed by atoms with Crippen LogP contribution >= 0.6 is 7.82 Å². The second-order valence-corrected chi connectivity index (χ2v) is 6.14. The minimum absolute atomic E-state index is 0.0495. The number of para-hydroxylation sites is 1. The van der Waals surface area contributed by atoms with E-state index in [9.17, 15) is 23.9 Å². The molecule has 0 amide bonds. The fraction of sp³-hybridized carbons (Fsp3) is 0.467. The van der Waals surface area contributed by atoms with E-state index in [0.29, 0.717) is 0 Å². The van der Waals surface area contributed by atoms with E-state index in [1.54, 1.807) is 26.0 Å². The van der Waals surface area contributed by atoms with Crippen molar-refractivity contribution in [3.05, 3.63) is 29.8 Å². The number of hydrogen-bond donors (Lipinski definition) is 2. The molecule has 0 aliphatic heterocycles. The Balaban J connectivity index is 3.22. The summed E-state index contributed by atoms with van der Waals surface area (Å²) in [7, 11) is -4.94. The minimum atomic E-state index is -4.94. The Kier molecular flexibility index (Phi) is 8.05. The first kappa shape index (κ1) is 21.1.